The lowest BCUT2D eigenvalue weighted by Gasteiger charge is -2.32. The number of aromatic nitrogens is 2. The van der Waals surface area contributed by atoms with Crippen molar-refractivity contribution in [2.45, 2.75) is 20.0 Å². The molecule has 1 N–H and O–H groups in total. The molecule has 142 valence electrons. The summed E-state index contributed by atoms with van der Waals surface area (Å²) in [6.07, 6.45) is 3.98. The molecule has 1 aliphatic heterocycles. The highest BCUT2D eigenvalue weighted by Crippen LogP contribution is 2.18. The minimum Gasteiger partial charge on any atom is -0.491 e. The van der Waals surface area contributed by atoms with E-state index in [1.54, 1.807) is 17.0 Å². The van der Waals surface area contributed by atoms with Gasteiger partial charge in [0.2, 0.25) is 12.4 Å². The lowest BCUT2D eigenvalue weighted by molar-refractivity contribution is -0.118. The van der Waals surface area contributed by atoms with Crippen LogP contribution in [0.15, 0.2) is 36.7 Å². The Hall–Kier alpha value is -3.16. The van der Waals surface area contributed by atoms with Crippen LogP contribution in [-0.2, 0) is 4.79 Å². The van der Waals surface area contributed by atoms with Gasteiger partial charge in [0.25, 0.3) is 5.91 Å². The molecule has 2 heterocycles. The topological polar surface area (TPSA) is 87.7 Å². The zero-order chi connectivity index (χ0) is 19.2. The zero-order valence-corrected chi connectivity index (χ0v) is 15.5. The maximum atomic E-state index is 12.4. The Morgan fingerprint density at radius 2 is 1.74 bits per heavy atom. The number of amides is 2. The lowest BCUT2D eigenvalue weighted by atomic mass is 10.2. The predicted octanol–water partition coefficient (Wildman–Crippen LogP) is 1.79. The molecule has 1 aromatic heterocycles. The lowest BCUT2D eigenvalue weighted by Crippen LogP contribution is -2.46. The molecule has 0 aliphatic carbocycles. The van der Waals surface area contributed by atoms with E-state index in [9.17, 15) is 9.59 Å². The van der Waals surface area contributed by atoms with Crippen LogP contribution in [0.4, 0.5) is 11.6 Å². The van der Waals surface area contributed by atoms with E-state index >= 15 is 0 Å². The number of ether oxygens (including phenoxy) is 1. The SMILES string of the molecule is CC(C)Oc1ccc(NC(=O)c2cnc(N3CCN(C=O)CC3)nc2)cc1. The highest BCUT2D eigenvalue weighted by Gasteiger charge is 2.18. The normalized spacial score (nSPS) is 14.2. The molecule has 0 spiro atoms. The number of hydrogen-bond acceptors (Lipinski definition) is 6. The highest BCUT2D eigenvalue weighted by molar-refractivity contribution is 6.03. The molecule has 0 bridgehead atoms. The minimum absolute atomic E-state index is 0.0996. The first-order valence-electron chi connectivity index (χ1n) is 8.89. The number of anilines is 2. The van der Waals surface area contributed by atoms with Crippen molar-refractivity contribution < 1.29 is 14.3 Å². The molecule has 0 radical (unpaired) electrons. The fourth-order valence-electron chi connectivity index (χ4n) is 2.72. The fourth-order valence-corrected chi connectivity index (χ4v) is 2.72. The molecule has 0 atom stereocenters. The predicted molar refractivity (Wildman–Crippen MR) is 102 cm³/mol. The van der Waals surface area contributed by atoms with Crippen molar-refractivity contribution >= 4 is 24.0 Å². The molecule has 1 aliphatic rings. The first-order valence-corrected chi connectivity index (χ1v) is 8.89. The molecular formula is C19H23N5O3. The Morgan fingerprint density at radius 1 is 1.11 bits per heavy atom. The van der Waals surface area contributed by atoms with Gasteiger partial charge in [-0.05, 0) is 38.1 Å². The van der Waals surface area contributed by atoms with Crippen LogP contribution in [0.1, 0.15) is 24.2 Å². The van der Waals surface area contributed by atoms with E-state index in [2.05, 4.69) is 15.3 Å². The summed E-state index contributed by atoms with van der Waals surface area (Å²) < 4.78 is 5.58. The summed E-state index contributed by atoms with van der Waals surface area (Å²) in [6, 6.07) is 7.21. The van der Waals surface area contributed by atoms with E-state index in [1.807, 2.05) is 30.9 Å². The van der Waals surface area contributed by atoms with Crippen molar-refractivity contribution in [3.8, 4) is 5.75 Å². The molecule has 1 fully saturated rings. The van der Waals surface area contributed by atoms with Crippen LogP contribution < -0.4 is 15.0 Å². The Bertz CT molecular complexity index is 769. The van der Waals surface area contributed by atoms with E-state index in [-0.39, 0.29) is 12.0 Å². The summed E-state index contributed by atoms with van der Waals surface area (Å²) in [5, 5.41) is 2.82. The summed E-state index contributed by atoms with van der Waals surface area (Å²) in [7, 11) is 0. The van der Waals surface area contributed by atoms with Crippen LogP contribution in [0.5, 0.6) is 5.75 Å². The first-order chi connectivity index (χ1) is 13.0. The quantitative estimate of drug-likeness (QED) is 0.781. The van der Waals surface area contributed by atoms with Gasteiger partial charge in [0, 0.05) is 44.3 Å². The molecule has 1 saturated heterocycles. The van der Waals surface area contributed by atoms with Gasteiger partial charge in [0.05, 0.1) is 11.7 Å². The maximum absolute atomic E-state index is 12.4. The van der Waals surface area contributed by atoms with E-state index in [1.165, 1.54) is 12.4 Å². The molecule has 0 unspecified atom stereocenters. The number of carbonyl (C=O) groups is 2. The third-order valence-corrected chi connectivity index (χ3v) is 4.13. The van der Waals surface area contributed by atoms with Gasteiger partial charge in [-0.25, -0.2) is 9.97 Å². The van der Waals surface area contributed by atoms with Crippen LogP contribution in [0.25, 0.3) is 0 Å². The molecule has 2 aromatic rings. The maximum Gasteiger partial charge on any atom is 0.258 e. The summed E-state index contributed by atoms with van der Waals surface area (Å²) in [6.45, 7) is 6.56. The first kappa shape index (κ1) is 18.6. The van der Waals surface area contributed by atoms with E-state index in [0.717, 1.165) is 12.2 Å². The van der Waals surface area contributed by atoms with Crippen LogP contribution in [-0.4, -0.2) is 59.5 Å². The van der Waals surface area contributed by atoms with Crippen LogP contribution in [0, 0.1) is 0 Å². The summed E-state index contributed by atoms with van der Waals surface area (Å²) >= 11 is 0. The number of carbonyl (C=O) groups excluding carboxylic acids is 2. The molecule has 8 heteroatoms. The summed E-state index contributed by atoms with van der Waals surface area (Å²) in [4.78, 5) is 35.4. The summed E-state index contributed by atoms with van der Waals surface area (Å²) in [5.74, 6) is 1.04. The monoisotopic (exact) mass is 369 g/mol. The number of nitrogens with one attached hydrogen (secondary N) is 1. The minimum atomic E-state index is -0.273. The van der Waals surface area contributed by atoms with Crippen molar-refractivity contribution in [2.75, 3.05) is 36.4 Å². The van der Waals surface area contributed by atoms with E-state index < -0.39 is 0 Å². The smallest absolute Gasteiger partial charge is 0.258 e. The number of piperazine rings is 1. The van der Waals surface area contributed by atoms with Crippen molar-refractivity contribution in [1.82, 2.24) is 14.9 Å². The largest absolute Gasteiger partial charge is 0.491 e. The van der Waals surface area contributed by atoms with Crippen molar-refractivity contribution in [2.24, 2.45) is 0 Å². The molecule has 8 nitrogen and oxygen atoms in total. The van der Waals surface area contributed by atoms with Crippen LogP contribution >= 0.6 is 0 Å². The molecule has 3 rings (SSSR count). The second kappa shape index (κ2) is 8.48. The van der Waals surface area contributed by atoms with Crippen molar-refractivity contribution in [1.29, 1.82) is 0 Å². The Kier molecular flexibility index (Phi) is 5.85. The molecule has 27 heavy (non-hydrogen) atoms. The van der Waals surface area contributed by atoms with E-state index in [4.69, 9.17) is 4.74 Å². The van der Waals surface area contributed by atoms with Gasteiger partial charge in [0.15, 0.2) is 0 Å². The fraction of sp³-hybridized carbons (Fsp3) is 0.368. The second-order valence-corrected chi connectivity index (χ2v) is 6.55. The van der Waals surface area contributed by atoms with Gasteiger partial charge in [-0.3, -0.25) is 9.59 Å². The molecule has 1 aromatic carbocycles. The Labute approximate surface area is 158 Å². The number of hydrogen-bond donors (Lipinski definition) is 1. The third kappa shape index (κ3) is 4.93. The third-order valence-electron chi connectivity index (χ3n) is 4.13. The van der Waals surface area contributed by atoms with Gasteiger partial charge in [0.1, 0.15) is 5.75 Å². The van der Waals surface area contributed by atoms with Crippen molar-refractivity contribution in [3.05, 3.63) is 42.2 Å². The van der Waals surface area contributed by atoms with Gasteiger partial charge in [-0.1, -0.05) is 0 Å². The van der Waals surface area contributed by atoms with Crippen LogP contribution in [0.3, 0.4) is 0 Å². The summed E-state index contributed by atoms with van der Waals surface area (Å²) in [5.41, 5.74) is 1.05. The van der Waals surface area contributed by atoms with Crippen LogP contribution in [0.2, 0.25) is 0 Å². The van der Waals surface area contributed by atoms with E-state index in [0.29, 0.717) is 43.4 Å². The average molecular weight is 369 g/mol. The zero-order valence-electron chi connectivity index (χ0n) is 15.5. The number of rotatable bonds is 6. The van der Waals surface area contributed by atoms with Gasteiger partial charge in [-0.2, -0.15) is 0 Å². The standard InChI is InChI=1S/C19H23N5O3/c1-14(2)27-17-5-3-16(4-6-17)22-18(26)15-11-20-19(21-12-15)24-9-7-23(13-25)8-10-24/h3-6,11-14H,7-10H2,1-2H3,(H,22,26). The number of benzene rings is 1. The second-order valence-electron chi connectivity index (χ2n) is 6.55. The Balaban J connectivity index is 1.58. The van der Waals surface area contributed by atoms with Gasteiger partial charge < -0.3 is 19.9 Å². The average Bonchev–Trinajstić information content (AvgIpc) is 2.69. The highest BCUT2D eigenvalue weighted by atomic mass is 16.5. The molecule has 0 saturated carbocycles. The number of nitrogens with zero attached hydrogens (tertiary/aromatic N) is 4. The Morgan fingerprint density at radius 3 is 2.30 bits per heavy atom. The molecular weight excluding hydrogens is 346 g/mol. The van der Waals surface area contributed by atoms with Crippen molar-refractivity contribution in [3.63, 3.8) is 0 Å². The van der Waals surface area contributed by atoms with Gasteiger partial charge in [-0.15, -0.1) is 0 Å². The van der Waals surface area contributed by atoms with Gasteiger partial charge >= 0.3 is 0 Å². The molecule has 2 amide bonds.